The molecule has 2 N–H and O–H groups in total. The average Bonchev–Trinajstić information content (AvgIpc) is 3.03. The standard InChI is InChI=1S/C17H19N3O5/c1-20-14(6-8-18-20)16(21)19-13-7-9-24-10-15(13)25-12-4-2-11(3-5-12)17(22)23/h2-6,8,13,15H,7,9-10H2,1H3,(H,19,21)(H,22,23)/t13-,15-/m1/s1. The first-order chi connectivity index (χ1) is 12.0. The number of ether oxygens (including phenoxy) is 2. The Labute approximate surface area is 144 Å². The predicted molar refractivity (Wildman–Crippen MR) is 87.7 cm³/mol. The van der Waals surface area contributed by atoms with Crippen LogP contribution in [0.4, 0.5) is 0 Å². The fraction of sp³-hybridized carbons (Fsp3) is 0.353. The van der Waals surface area contributed by atoms with Crippen LogP contribution in [0.2, 0.25) is 0 Å². The van der Waals surface area contributed by atoms with Gasteiger partial charge in [-0.15, -0.1) is 0 Å². The Bertz CT molecular complexity index is 756. The van der Waals surface area contributed by atoms with Crippen molar-refractivity contribution in [3.63, 3.8) is 0 Å². The summed E-state index contributed by atoms with van der Waals surface area (Å²) in [5.41, 5.74) is 0.657. The number of nitrogens with zero attached hydrogens (tertiary/aromatic N) is 2. The zero-order valence-corrected chi connectivity index (χ0v) is 13.7. The van der Waals surface area contributed by atoms with Crippen LogP contribution in [-0.2, 0) is 11.8 Å². The molecule has 1 aliphatic rings. The quantitative estimate of drug-likeness (QED) is 0.841. The van der Waals surface area contributed by atoms with Gasteiger partial charge in [0.15, 0.2) is 0 Å². The van der Waals surface area contributed by atoms with Crippen LogP contribution in [0.3, 0.4) is 0 Å². The normalized spacial score (nSPS) is 20.0. The molecule has 25 heavy (non-hydrogen) atoms. The number of aromatic nitrogens is 2. The molecule has 1 saturated heterocycles. The fourth-order valence-corrected chi connectivity index (χ4v) is 2.68. The van der Waals surface area contributed by atoms with E-state index in [9.17, 15) is 9.59 Å². The first-order valence-corrected chi connectivity index (χ1v) is 7.91. The van der Waals surface area contributed by atoms with E-state index >= 15 is 0 Å². The monoisotopic (exact) mass is 345 g/mol. The summed E-state index contributed by atoms with van der Waals surface area (Å²) in [5, 5.41) is 15.9. The van der Waals surface area contributed by atoms with Crippen molar-refractivity contribution in [2.24, 2.45) is 7.05 Å². The number of carboxylic acids is 1. The maximum atomic E-state index is 12.4. The van der Waals surface area contributed by atoms with Gasteiger partial charge in [0.2, 0.25) is 0 Å². The lowest BCUT2D eigenvalue weighted by molar-refractivity contribution is -0.0136. The van der Waals surface area contributed by atoms with E-state index in [-0.39, 0.29) is 23.6 Å². The largest absolute Gasteiger partial charge is 0.486 e. The van der Waals surface area contributed by atoms with Crippen LogP contribution in [0, 0.1) is 0 Å². The number of amides is 1. The first-order valence-electron chi connectivity index (χ1n) is 7.91. The van der Waals surface area contributed by atoms with Gasteiger partial charge in [-0.25, -0.2) is 4.79 Å². The second-order valence-corrected chi connectivity index (χ2v) is 5.77. The lowest BCUT2D eigenvalue weighted by atomic mass is 10.1. The molecule has 132 valence electrons. The number of hydrogen-bond donors (Lipinski definition) is 2. The maximum absolute atomic E-state index is 12.4. The van der Waals surface area contributed by atoms with Crippen molar-refractivity contribution in [3.8, 4) is 5.75 Å². The number of nitrogens with one attached hydrogen (secondary N) is 1. The Balaban J connectivity index is 1.67. The minimum absolute atomic E-state index is 0.188. The van der Waals surface area contributed by atoms with Gasteiger partial charge in [-0.1, -0.05) is 0 Å². The lowest BCUT2D eigenvalue weighted by Gasteiger charge is -2.32. The van der Waals surface area contributed by atoms with E-state index in [2.05, 4.69) is 10.4 Å². The first kappa shape index (κ1) is 17.0. The van der Waals surface area contributed by atoms with Gasteiger partial charge in [0, 0.05) is 19.9 Å². The van der Waals surface area contributed by atoms with Gasteiger partial charge < -0.3 is 19.9 Å². The Morgan fingerprint density at radius 1 is 1.32 bits per heavy atom. The number of aromatic carboxylic acids is 1. The number of hydrogen-bond acceptors (Lipinski definition) is 5. The van der Waals surface area contributed by atoms with Crippen LogP contribution in [0.15, 0.2) is 36.5 Å². The molecule has 0 aliphatic carbocycles. The second-order valence-electron chi connectivity index (χ2n) is 5.77. The predicted octanol–water partition coefficient (Wildman–Crippen LogP) is 1.08. The van der Waals surface area contributed by atoms with E-state index in [4.69, 9.17) is 14.6 Å². The smallest absolute Gasteiger partial charge is 0.335 e. The molecule has 2 heterocycles. The highest BCUT2D eigenvalue weighted by Gasteiger charge is 2.29. The SMILES string of the molecule is Cn1nccc1C(=O)N[C@@H]1CCOC[C@H]1Oc1ccc(C(=O)O)cc1. The van der Waals surface area contributed by atoms with Crippen LogP contribution in [-0.4, -0.2) is 52.1 Å². The molecule has 3 rings (SSSR count). The summed E-state index contributed by atoms with van der Waals surface area (Å²) in [7, 11) is 1.71. The Morgan fingerprint density at radius 3 is 2.72 bits per heavy atom. The summed E-state index contributed by atoms with van der Waals surface area (Å²) < 4.78 is 12.9. The maximum Gasteiger partial charge on any atom is 0.335 e. The number of carbonyl (C=O) groups is 2. The summed E-state index contributed by atoms with van der Waals surface area (Å²) in [4.78, 5) is 23.3. The fourth-order valence-electron chi connectivity index (χ4n) is 2.68. The lowest BCUT2D eigenvalue weighted by Crippen LogP contribution is -2.51. The molecule has 1 aromatic heterocycles. The van der Waals surface area contributed by atoms with Crippen molar-refractivity contribution in [1.29, 1.82) is 0 Å². The van der Waals surface area contributed by atoms with Crippen molar-refractivity contribution in [1.82, 2.24) is 15.1 Å². The minimum atomic E-state index is -0.992. The highest BCUT2D eigenvalue weighted by molar-refractivity contribution is 5.92. The Morgan fingerprint density at radius 2 is 2.08 bits per heavy atom. The van der Waals surface area contributed by atoms with Crippen molar-refractivity contribution in [2.45, 2.75) is 18.6 Å². The molecule has 8 heteroatoms. The molecule has 0 spiro atoms. The van der Waals surface area contributed by atoms with Crippen LogP contribution >= 0.6 is 0 Å². The van der Waals surface area contributed by atoms with Crippen molar-refractivity contribution in [3.05, 3.63) is 47.8 Å². The molecule has 1 aliphatic heterocycles. The third-order valence-electron chi connectivity index (χ3n) is 4.06. The molecule has 8 nitrogen and oxygen atoms in total. The number of benzene rings is 1. The Hall–Kier alpha value is -2.87. The molecule has 0 unspecified atom stereocenters. The summed E-state index contributed by atoms with van der Waals surface area (Å²) in [5.74, 6) is -0.684. The van der Waals surface area contributed by atoms with Gasteiger partial charge in [0.1, 0.15) is 17.5 Å². The molecule has 1 amide bonds. The van der Waals surface area contributed by atoms with Gasteiger partial charge in [-0.3, -0.25) is 9.48 Å². The number of aryl methyl sites for hydroxylation is 1. The molecule has 0 radical (unpaired) electrons. The molecule has 2 atom stereocenters. The van der Waals surface area contributed by atoms with Crippen LogP contribution < -0.4 is 10.1 Å². The van der Waals surface area contributed by atoms with Gasteiger partial charge >= 0.3 is 5.97 Å². The average molecular weight is 345 g/mol. The summed E-state index contributed by atoms with van der Waals surface area (Å²) in [6, 6.07) is 7.58. The van der Waals surface area contributed by atoms with E-state index in [0.717, 1.165) is 0 Å². The Kier molecular flexibility index (Phi) is 4.99. The zero-order valence-electron chi connectivity index (χ0n) is 13.7. The van der Waals surface area contributed by atoms with Crippen molar-refractivity contribution in [2.75, 3.05) is 13.2 Å². The molecule has 0 bridgehead atoms. The molecular formula is C17H19N3O5. The zero-order chi connectivity index (χ0) is 17.8. The molecule has 0 saturated carbocycles. The molecule has 1 aromatic carbocycles. The minimum Gasteiger partial charge on any atom is -0.486 e. The third-order valence-corrected chi connectivity index (χ3v) is 4.06. The van der Waals surface area contributed by atoms with E-state index < -0.39 is 5.97 Å². The molecular weight excluding hydrogens is 326 g/mol. The van der Waals surface area contributed by atoms with E-state index in [1.165, 1.54) is 16.8 Å². The van der Waals surface area contributed by atoms with Gasteiger partial charge in [0.25, 0.3) is 5.91 Å². The van der Waals surface area contributed by atoms with E-state index in [0.29, 0.717) is 31.1 Å². The van der Waals surface area contributed by atoms with Gasteiger partial charge in [-0.2, -0.15) is 5.10 Å². The van der Waals surface area contributed by atoms with Gasteiger partial charge in [-0.05, 0) is 36.8 Å². The van der Waals surface area contributed by atoms with E-state index in [1.54, 1.807) is 31.4 Å². The summed E-state index contributed by atoms with van der Waals surface area (Å²) in [6.45, 7) is 0.880. The number of rotatable bonds is 5. The van der Waals surface area contributed by atoms with Crippen LogP contribution in [0.1, 0.15) is 27.3 Å². The van der Waals surface area contributed by atoms with E-state index in [1.807, 2.05) is 0 Å². The van der Waals surface area contributed by atoms with Gasteiger partial charge in [0.05, 0.1) is 18.2 Å². The highest BCUT2D eigenvalue weighted by atomic mass is 16.5. The number of carbonyl (C=O) groups excluding carboxylic acids is 1. The van der Waals surface area contributed by atoms with Crippen molar-refractivity contribution < 1.29 is 24.2 Å². The molecule has 2 aromatic rings. The highest BCUT2D eigenvalue weighted by Crippen LogP contribution is 2.19. The third kappa shape index (κ3) is 3.97. The van der Waals surface area contributed by atoms with Crippen molar-refractivity contribution >= 4 is 11.9 Å². The van der Waals surface area contributed by atoms with Crippen LogP contribution in [0.25, 0.3) is 0 Å². The number of carboxylic acid groups (broad SMARTS) is 1. The summed E-state index contributed by atoms with van der Waals surface area (Å²) in [6.07, 6.45) is 1.83. The molecule has 1 fully saturated rings. The summed E-state index contributed by atoms with van der Waals surface area (Å²) >= 11 is 0. The topological polar surface area (TPSA) is 103 Å². The van der Waals surface area contributed by atoms with Crippen LogP contribution in [0.5, 0.6) is 5.75 Å². The second kappa shape index (κ2) is 7.35.